The maximum Gasteiger partial charge on any atom is 0.329 e. The van der Waals surface area contributed by atoms with E-state index in [-0.39, 0.29) is 25.9 Å². The number of hydrogen-bond donors (Lipinski definition) is 2. The molecule has 2 heterocycles. The van der Waals surface area contributed by atoms with Gasteiger partial charge in [0.15, 0.2) is 5.82 Å². The first kappa shape index (κ1) is 15.3. The van der Waals surface area contributed by atoms with E-state index in [0.29, 0.717) is 36.2 Å². The normalized spacial score (nSPS) is 14.7. The maximum atomic E-state index is 12.3. The van der Waals surface area contributed by atoms with Crippen molar-refractivity contribution < 1.29 is 19.7 Å². The van der Waals surface area contributed by atoms with Crippen LogP contribution in [0.1, 0.15) is 12.1 Å². The van der Waals surface area contributed by atoms with E-state index in [1.165, 1.54) is 9.80 Å². The SMILES string of the molecule is C=C1c2c(nc(OCCO)n2C)N(C)C(=O)N1CCCO. The maximum absolute atomic E-state index is 12.3. The zero-order chi connectivity index (χ0) is 15.6. The van der Waals surface area contributed by atoms with Gasteiger partial charge in [-0.15, -0.1) is 0 Å². The molecule has 0 saturated heterocycles. The molecule has 2 amide bonds. The molecular weight excluding hydrogens is 276 g/mol. The molecule has 1 aliphatic heterocycles. The summed E-state index contributed by atoms with van der Waals surface area (Å²) < 4.78 is 7.05. The van der Waals surface area contributed by atoms with Crippen LogP contribution in [-0.2, 0) is 7.05 Å². The first-order chi connectivity index (χ1) is 10.0. The summed E-state index contributed by atoms with van der Waals surface area (Å²) in [5.74, 6) is 0.473. The molecule has 8 heteroatoms. The summed E-state index contributed by atoms with van der Waals surface area (Å²) in [7, 11) is 3.39. The van der Waals surface area contributed by atoms with Crippen molar-refractivity contribution in [2.24, 2.45) is 7.05 Å². The minimum absolute atomic E-state index is 0.00385. The lowest BCUT2D eigenvalue weighted by Gasteiger charge is -2.34. The summed E-state index contributed by atoms with van der Waals surface area (Å²) in [6.45, 7) is 4.36. The number of imidazole rings is 1. The molecule has 0 saturated carbocycles. The molecule has 8 nitrogen and oxygen atoms in total. The van der Waals surface area contributed by atoms with Crippen molar-refractivity contribution in [2.45, 2.75) is 6.42 Å². The highest BCUT2D eigenvalue weighted by Gasteiger charge is 2.35. The fourth-order valence-electron chi connectivity index (χ4n) is 2.26. The second-order valence-corrected chi connectivity index (χ2v) is 4.71. The number of fused-ring (bicyclic) bond motifs is 1. The standard InChI is InChI=1S/C13H20N4O4/c1-9-10-11(14-12(15(10)2)21-8-7-19)16(3)13(20)17(9)5-4-6-18/h18-19H,1,4-8H2,2-3H3. The van der Waals surface area contributed by atoms with E-state index in [1.54, 1.807) is 18.7 Å². The highest BCUT2D eigenvalue weighted by atomic mass is 16.5. The van der Waals surface area contributed by atoms with Crippen LogP contribution in [0.15, 0.2) is 6.58 Å². The van der Waals surface area contributed by atoms with Crippen LogP contribution >= 0.6 is 0 Å². The zero-order valence-electron chi connectivity index (χ0n) is 12.2. The van der Waals surface area contributed by atoms with Crippen molar-refractivity contribution >= 4 is 17.5 Å². The number of aromatic nitrogens is 2. The van der Waals surface area contributed by atoms with Crippen LogP contribution in [0.5, 0.6) is 6.01 Å². The smallest absolute Gasteiger partial charge is 0.329 e. The van der Waals surface area contributed by atoms with Crippen LogP contribution in [0.3, 0.4) is 0 Å². The molecule has 0 bridgehead atoms. The van der Waals surface area contributed by atoms with Crippen LogP contribution < -0.4 is 9.64 Å². The fraction of sp³-hybridized carbons (Fsp3) is 0.538. The Hall–Kier alpha value is -2.06. The first-order valence-electron chi connectivity index (χ1n) is 6.68. The Labute approximate surface area is 122 Å². The van der Waals surface area contributed by atoms with Crippen molar-refractivity contribution in [3.63, 3.8) is 0 Å². The van der Waals surface area contributed by atoms with Gasteiger partial charge in [-0.2, -0.15) is 4.98 Å². The first-order valence-corrected chi connectivity index (χ1v) is 6.68. The molecule has 116 valence electrons. The van der Waals surface area contributed by atoms with Crippen LogP contribution in [0.2, 0.25) is 0 Å². The lowest BCUT2D eigenvalue weighted by molar-refractivity contribution is 0.188. The average molecular weight is 296 g/mol. The summed E-state index contributed by atoms with van der Waals surface area (Å²) in [6.07, 6.45) is 0.472. The summed E-state index contributed by atoms with van der Waals surface area (Å²) in [4.78, 5) is 19.5. The number of carbonyl (C=O) groups is 1. The molecule has 1 aliphatic rings. The van der Waals surface area contributed by atoms with E-state index >= 15 is 0 Å². The Kier molecular flexibility index (Phi) is 4.49. The van der Waals surface area contributed by atoms with E-state index in [4.69, 9.17) is 14.9 Å². The topological polar surface area (TPSA) is 91.1 Å². The van der Waals surface area contributed by atoms with Gasteiger partial charge in [0.05, 0.1) is 12.3 Å². The summed E-state index contributed by atoms with van der Waals surface area (Å²) >= 11 is 0. The van der Waals surface area contributed by atoms with Gasteiger partial charge in [0.2, 0.25) is 0 Å². The molecule has 0 atom stereocenters. The quantitative estimate of drug-likeness (QED) is 0.772. The van der Waals surface area contributed by atoms with Crippen LogP contribution in [0.4, 0.5) is 10.6 Å². The second-order valence-electron chi connectivity index (χ2n) is 4.71. The minimum atomic E-state index is -0.243. The van der Waals surface area contributed by atoms with Gasteiger partial charge in [-0.05, 0) is 6.42 Å². The van der Waals surface area contributed by atoms with Crippen LogP contribution in [0.25, 0.3) is 5.70 Å². The molecule has 0 aliphatic carbocycles. The molecule has 1 aromatic rings. The number of carbonyl (C=O) groups excluding carboxylic acids is 1. The van der Waals surface area contributed by atoms with Crippen molar-refractivity contribution in [1.29, 1.82) is 0 Å². The fourth-order valence-corrected chi connectivity index (χ4v) is 2.26. The Morgan fingerprint density at radius 2 is 2.00 bits per heavy atom. The predicted molar refractivity (Wildman–Crippen MR) is 77.0 cm³/mol. The third-order valence-corrected chi connectivity index (χ3v) is 3.33. The summed E-state index contributed by atoms with van der Waals surface area (Å²) in [6, 6.07) is 0.0756. The number of rotatable bonds is 6. The third kappa shape index (κ3) is 2.59. The number of aliphatic hydroxyl groups excluding tert-OH is 2. The lowest BCUT2D eigenvalue weighted by Crippen LogP contribution is -2.45. The number of amides is 2. The third-order valence-electron chi connectivity index (χ3n) is 3.33. The van der Waals surface area contributed by atoms with E-state index in [0.717, 1.165) is 0 Å². The Bertz CT molecular complexity index is 555. The van der Waals surface area contributed by atoms with E-state index < -0.39 is 0 Å². The Morgan fingerprint density at radius 3 is 2.62 bits per heavy atom. The summed E-state index contributed by atoms with van der Waals surface area (Å²) in [5, 5.41) is 17.8. The van der Waals surface area contributed by atoms with Gasteiger partial charge in [-0.25, -0.2) is 4.79 Å². The average Bonchev–Trinajstić information content (AvgIpc) is 2.80. The van der Waals surface area contributed by atoms with Gasteiger partial charge in [0.1, 0.15) is 12.3 Å². The number of aliphatic hydroxyl groups is 2. The minimum Gasteiger partial charge on any atom is -0.462 e. The van der Waals surface area contributed by atoms with Crippen molar-refractivity contribution in [2.75, 3.05) is 38.3 Å². The predicted octanol–water partition coefficient (Wildman–Crippen LogP) is 0.0161. The molecular formula is C13H20N4O4. The van der Waals surface area contributed by atoms with Gasteiger partial charge in [-0.1, -0.05) is 6.58 Å². The number of ether oxygens (including phenoxy) is 1. The van der Waals surface area contributed by atoms with Crippen LogP contribution in [-0.4, -0.2) is 64.1 Å². The van der Waals surface area contributed by atoms with Crippen molar-refractivity contribution in [3.05, 3.63) is 12.3 Å². The van der Waals surface area contributed by atoms with Gasteiger partial charge < -0.3 is 14.9 Å². The Morgan fingerprint density at radius 1 is 1.29 bits per heavy atom. The van der Waals surface area contributed by atoms with E-state index in [2.05, 4.69) is 11.6 Å². The molecule has 2 rings (SSSR count). The molecule has 1 aromatic heterocycles. The van der Waals surface area contributed by atoms with Gasteiger partial charge in [0, 0.05) is 27.2 Å². The molecule has 0 radical (unpaired) electrons. The number of urea groups is 1. The molecule has 21 heavy (non-hydrogen) atoms. The highest BCUT2D eigenvalue weighted by Crippen LogP contribution is 2.36. The zero-order valence-corrected chi connectivity index (χ0v) is 12.2. The van der Waals surface area contributed by atoms with Gasteiger partial charge in [-0.3, -0.25) is 14.4 Å². The second kappa shape index (κ2) is 6.15. The number of nitrogens with zero attached hydrogens (tertiary/aromatic N) is 4. The van der Waals surface area contributed by atoms with Crippen molar-refractivity contribution in [3.8, 4) is 6.01 Å². The molecule has 0 spiro atoms. The largest absolute Gasteiger partial charge is 0.462 e. The molecule has 2 N–H and O–H groups in total. The molecule has 0 fully saturated rings. The van der Waals surface area contributed by atoms with Gasteiger partial charge in [0.25, 0.3) is 6.01 Å². The monoisotopic (exact) mass is 296 g/mol. The van der Waals surface area contributed by atoms with Gasteiger partial charge >= 0.3 is 6.03 Å². The molecule has 0 unspecified atom stereocenters. The van der Waals surface area contributed by atoms with E-state index in [9.17, 15) is 4.79 Å². The number of anilines is 1. The van der Waals surface area contributed by atoms with E-state index in [1.807, 2.05) is 0 Å². The van der Waals surface area contributed by atoms with Crippen LogP contribution in [0, 0.1) is 0 Å². The number of hydrogen-bond acceptors (Lipinski definition) is 5. The Balaban J connectivity index is 2.37. The molecule has 0 aromatic carbocycles. The summed E-state index contributed by atoms with van der Waals surface area (Å²) in [5.41, 5.74) is 1.21. The van der Waals surface area contributed by atoms with Crippen molar-refractivity contribution in [1.82, 2.24) is 14.5 Å². The lowest BCUT2D eigenvalue weighted by atomic mass is 10.2. The highest BCUT2D eigenvalue weighted by molar-refractivity contribution is 6.02.